The van der Waals surface area contributed by atoms with Crippen LogP contribution in [0.5, 0.6) is 0 Å². The minimum Gasteiger partial charge on any atom is -0.381 e. The number of hydrogen-bond donors (Lipinski definition) is 1. The maximum atomic E-state index is 15.8. The van der Waals surface area contributed by atoms with Crippen molar-refractivity contribution in [1.82, 2.24) is 20.0 Å². The molecule has 0 radical (unpaired) electrons. The van der Waals surface area contributed by atoms with E-state index in [1.165, 1.54) is 80.5 Å². The van der Waals surface area contributed by atoms with Crippen molar-refractivity contribution in [2.75, 3.05) is 88.6 Å². The molecular formula is C49H70N6O4. The van der Waals surface area contributed by atoms with Crippen LogP contribution in [0, 0.1) is 24.7 Å². The Kier molecular flexibility index (Phi) is 10.6. The van der Waals surface area contributed by atoms with Crippen LogP contribution in [0.25, 0.3) is 0 Å². The molecule has 7 atom stereocenters. The van der Waals surface area contributed by atoms with Gasteiger partial charge in [0.15, 0.2) is 0 Å². The minimum atomic E-state index is -0.895. The van der Waals surface area contributed by atoms with E-state index in [0.717, 1.165) is 49.8 Å². The summed E-state index contributed by atoms with van der Waals surface area (Å²) in [4.78, 5) is 43.0. The molecule has 10 nitrogen and oxygen atoms in total. The molecule has 0 aliphatic carbocycles. The van der Waals surface area contributed by atoms with E-state index in [4.69, 9.17) is 9.47 Å². The van der Waals surface area contributed by atoms with Crippen molar-refractivity contribution in [2.24, 2.45) is 10.8 Å². The van der Waals surface area contributed by atoms with Gasteiger partial charge < -0.3 is 29.5 Å². The number of benzene rings is 2. The highest BCUT2D eigenvalue weighted by molar-refractivity contribution is 5.92. The number of likely N-dealkylation sites (tertiary alicyclic amines) is 3. The number of nitrogens with one attached hydrogen (secondary N) is 1. The van der Waals surface area contributed by atoms with Gasteiger partial charge in [0.2, 0.25) is 11.8 Å². The second-order valence-corrected chi connectivity index (χ2v) is 20.1. The predicted molar refractivity (Wildman–Crippen MR) is 233 cm³/mol. The van der Waals surface area contributed by atoms with Crippen LogP contribution >= 0.6 is 0 Å². The van der Waals surface area contributed by atoms with Crippen molar-refractivity contribution in [1.29, 1.82) is 0 Å². The molecule has 320 valence electrons. The van der Waals surface area contributed by atoms with Gasteiger partial charge in [0.25, 0.3) is 0 Å². The number of hydrogen-bond acceptors (Lipinski definition) is 8. The molecule has 8 heterocycles. The highest BCUT2D eigenvalue weighted by Crippen LogP contribution is 2.60. The van der Waals surface area contributed by atoms with Gasteiger partial charge in [0.05, 0.1) is 24.0 Å². The van der Waals surface area contributed by atoms with Crippen molar-refractivity contribution in [3.8, 4) is 0 Å². The summed E-state index contributed by atoms with van der Waals surface area (Å²) in [6, 6.07) is 16.6. The fraction of sp³-hybridized carbons (Fsp3) is 0.714. The number of rotatable bonds is 7. The van der Waals surface area contributed by atoms with Gasteiger partial charge >= 0.3 is 0 Å². The van der Waals surface area contributed by atoms with Crippen LogP contribution in [0.1, 0.15) is 113 Å². The molecule has 59 heavy (non-hydrogen) atoms. The lowest BCUT2D eigenvalue weighted by atomic mass is 9.60. The van der Waals surface area contributed by atoms with Crippen molar-refractivity contribution in [3.05, 3.63) is 58.7 Å². The molecule has 0 bridgehead atoms. The number of amides is 2. The minimum absolute atomic E-state index is 0.0509. The molecular weight excluding hydrogens is 737 g/mol. The molecule has 2 aromatic carbocycles. The van der Waals surface area contributed by atoms with E-state index in [1.54, 1.807) is 0 Å². The Bertz CT molecular complexity index is 1920. The highest BCUT2D eigenvalue weighted by atomic mass is 16.5. The van der Waals surface area contributed by atoms with Crippen molar-refractivity contribution in [3.63, 3.8) is 0 Å². The Labute approximate surface area is 353 Å². The van der Waals surface area contributed by atoms with Crippen molar-refractivity contribution in [2.45, 2.75) is 134 Å². The Hall–Kier alpha value is -3.18. The average Bonchev–Trinajstić information content (AvgIpc) is 4.10. The molecule has 2 spiro atoms. The smallest absolute Gasteiger partial charge is 0.230 e. The lowest BCUT2D eigenvalue weighted by molar-refractivity contribution is -0.176. The van der Waals surface area contributed by atoms with Crippen LogP contribution in [0.3, 0.4) is 0 Å². The van der Waals surface area contributed by atoms with Gasteiger partial charge in [-0.25, -0.2) is 0 Å². The number of aryl methyl sites for hydroxylation is 2. The van der Waals surface area contributed by atoms with E-state index in [1.807, 2.05) is 0 Å². The van der Waals surface area contributed by atoms with Gasteiger partial charge in [-0.2, -0.15) is 0 Å². The normalized spacial score (nSPS) is 36.2. The zero-order valence-corrected chi connectivity index (χ0v) is 36.5. The van der Waals surface area contributed by atoms with Gasteiger partial charge in [-0.05, 0) is 158 Å². The number of carbonyl (C=O) groups is 2. The summed E-state index contributed by atoms with van der Waals surface area (Å²) < 4.78 is 12.8. The number of carbonyl (C=O) groups excluding carboxylic acids is 2. The Morgan fingerprint density at radius 1 is 0.695 bits per heavy atom. The first kappa shape index (κ1) is 39.9. The molecule has 10 heteroatoms. The Morgan fingerprint density at radius 2 is 1.37 bits per heavy atom. The fourth-order valence-corrected chi connectivity index (χ4v) is 14.1. The SMILES string of the molecule is Cc1cc(N2CCC(N3CCC[C@@H]3C)CC2)ccc1C1COCCC12CCN(C1(c3ccc(N4CC[C@H](N5CCC[C@H]5C)C4)cc3C)COCCC13CCNC3=O)C2=O. The Morgan fingerprint density at radius 3 is 2.07 bits per heavy atom. The average molecular weight is 807 g/mol. The fourth-order valence-electron chi connectivity index (χ4n) is 14.1. The number of anilines is 2. The van der Waals surface area contributed by atoms with Gasteiger partial charge in [0.1, 0.15) is 5.54 Å². The maximum absolute atomic E-state index is 15.8. The zero-order chi connectivity index (χ0) is 40.5. The molecule has 10 rings (SSSR count). The van der Waals surface area contributed by atoms with Crippen LogP contribution < -0.4 is 15.1 Å². The summed E-state index contributed by atoms with van der Waals surface area (Å²) in [7, 11) is 0. The lowest BCUT2D eigenvalue weighted by Crippen LogP contribution is -2.66. The van der Waals surface area contributed by atoms with Gasteiger partial charge in [-0.1, -0.05) is 12.1 Å². The third kappa shape index (κ3) is 6.38. The topological polar surface area (TPSA) is 80.8 Å². The molecule has 2 aromatic rings. The predicted octanol–water partition coefficient (Wildman–Crippen LogP) is 6.36. The van der Waals surface area contributed by atoms with E-state index in [-0.39, 0.29) is 17.7 Å². The van der Waals surface area contributed by atoms with E-state index in [9.17, 15) is 4.79 Å². The molecule has 8 saturated heterocycles. The third-order valence-corrected chi connectivity index (χ3v) is 17.4. The van der Waals surface area contributed by atoms with Crippen LogP contribution in [-0.2, 0) is 24.6 Å². The molecule has 2 amide bonds. The molecule has 8 fully saturated rings. The van der Waals surface area contributed by atoms with Crippen LogP contribution in [0.2, 0.25) is 0 Å². The monoisotopic (exact) mass is 807 g/mol. The quantitative estimate of drug-likeness (QED) is 0.347. The van der Waals surface area contributed by atoms with Gasteiger partial charge in [-0.3, -0.25) is 19.4 Å². The highest BCUT2D eigenvalue weighted by Gasteiger charge is 2.68. The molecule has 8 aliphatic heterocycles. The first-order chi connectivity index (χ1) is 28.6. The third-order valence-electron chi connectivity index (χ3n) is 17.4. The summed E-state index contributed by atoms with van der Waals surface area (Å²) in [5.41, 5.74) is 5.01. The molecule has 8 aliphatic rings. The first-order valence-electron chi connectivity index (χ1n) is 23.6. The first-order valence-corrected chi connectivity index (χ1v) is 23.6. The van der Waals surface area contributed by atoms with Gasteiger partial charge in [-0.15, -0.1) is 0 Å². The summed E-state index contributed by atoms with van der Waals surface area (Å²) in [5.74, 6) is 0.210. The van der Waals surface area contributed by atoms with E-state index in [2.05, 4.69) is 93.9 Å². The Balaban J connectivity index is 0.946. The zero-order valence-electron chi connectivity index (χ0n) is 36.5. The summed E-state index contributed by atoms with van der Waals surface area (Å²) >= 11 is 0. The summed E-state index contributed by atoms with van der Waals surface area (Å²) in [6.45, 7) is 19.2. The van der Waals surface area contributed by atoms with E-state index in [0.29, 0.717) is 76.9 Å². The second-order valence-electron chi connectivity index (χ2n) is 20.1. The van der Waals surface area contributed by atoms with Gasteiger partial charge in [0, 0.05) is 93.9 Å². The lowest BCUT2D eigenvalue weighted by Gasteiger charge is -2.56. The second kappa shape index (κ2) is 15.6. The van der Waals surface area contributed by atoms with Crippen LogP contribution in [0.15, 0.2) is 36.4 Å². The van der Waals surface area contributed by atoms with E-state index >= 15 is 4.79 Å². The number of piperidine rings is 1. The van der Waals surface area contributed by atoms with Crippen LogP contribution in [-0.4, -0.2) is 129 Å². The molecule has 1 N–H and O–H groups in total. The largest absolute Gasteiger partial charge is 0.381 e. The van der Waals surface area contributed by atoms with Crippen molar-refractivity contribution < 1.29 is 19.1 Å². The number of ether oxygens (including phenoxy) is 2. The van der Waals surface area contributed by atoms with E-state index < -0.39 is 16.4 Å². The summed E-state index contributed by atoms with van der Waals surface area (Å²) in [6.07, 6.45) is 11.7. The molecule has 4 unspecified atom stereocenters. The molecule has 0 aromatic heterocycles. The van der Waals surface area contributed by atoms with Crippen LogP contribution in [0.4, 0.5) is 11.4 Å². The number of nitrogens with zero attached hydrogens (tertiary/aromatic N) is 5. The van der Waals surface area contributed by atoms with Crippen molar-refractivity contribution >= 4 is 23.2 Å². The molecule has 0 saturated carbocycles. The maximum Gasteiger partial charge on any atom is 0.230 e. The summed E-state index contributed by atoms with van der Waals surface area (Å²) in [5, 5.41) is 3.25. The standard InChI is InChI=1S/C49H70N6O4/c1-34-29-39(51-23-13-38(14-24-51)53-21-5-7-36(53)3)9-11-42(34)44-32-58-27-18-47(44)17-26-55(46(47)57)49(33-59-28-19-48(49)16-20-50-45(48)56)43-12-10-40(30-35(43)2)52-25-15-41(31-52)54-22-6-8-37(54)4/h9-12,29-30,36-38,41,44H,5-8,13-28,31-33H2,1-4H3,(H,50,56)/t36-,37+,41-,44?,47?,48?,49?/m0/s1.